The van der Waals surface area contributed by atoms with E-state index in [1.807, 2.05) is 48.5 Å². The third kappa shape index (κ3) is 4.82. The van der Waals surface area contributed by atoms with Gasteiger partial charge in [-0.05, 0) is 30.2 Å². The van der Waals surface area contributed by atoms with Gasteiger partial charge in [0.1, 0.15) is 12.4 Å². The number of ether oxygens (including phenoxy) is 1. The second-order valence-corrected chi connectivity index (χ2v) is 9.15. The van der Waals surface area contributed by atoms with Crippen LogP contribution in [0.2, 0.25) is 0 Å². The molecule has 1 atom stereocenters. The number of nitrogens with one attached hydrogen (secondary N) is 1. The van der Waals surface area contributed by atoms with E-state index in [9.17, 15) is 8.42 Å². The Labute approximate surface area is 151 Å². The van der Waals surface area contributed by atoms with Crippen molar-refractivity contribution in [2.24, 2.45) is 0 Å². The zero-order valence-corrected chi connectivity index (χ0v) is 15.6. The van der Waals surface area contributed by atoms with E-state index in [1.54, 1.807) is 0 Å². The maximum Gasteiger partial charge on any atom is 0.151 e. The highest BCUT2D eigenvalue weighted by atomic mass is 79.9. The molecule has 0 amide bonds. The third-order valence-corrected chi connectivity index (χ3v) is 6.33. The quantitative estimate of drug-likeness (QED) is 0.794. The molecule has 24 heavy (non-hydrogen) atoms. The van der Waals surface area contributed by atoms with E-state index in [-0.39, 0.29) is 17.5 Å². The molecule has 2 aromatic carbocycles. The lowest BCUT2D eigenvalue weighted by Crippen LogP contribution is -2.29. The van der Waals surface area contributed by atoms with Crippen LogP contribution in [0.15, 0.2) is 53.0 Å². The van der Waals surface area contributed by atoms with Gasteiger partial charge >= 0.3 is 0 Å². The predicted octanol–water partition coefficient (Wildman–Crippen LogP) is 3.30. The summed E-state index contributed by atoms with van der Waals surface area (Å²) in [6.07, 6.45) is 0.677. The van der Waals surface area contributed by atoms with Crippen LogP contribution in [0.4, 0.5) is 0 Å². The van der Waals surface area contributed by atoms with Crippen LogP contribution in [0.3, 0.4) is 0 Å². The Morgan fingerprint density at radius 2 is 1.96 bits per heavy atom. The first kappa shape index (κ1) is 17.5. The Hall–Kier alpha value is -1.37. The molecule has 0 aliphatic carbocycles. The van der Waals surface area contributed by atoms with Crippen molar-refractivity contribution in [2.75, 3.05) is 11.5 Å². The fourth-order valence-electron chi connectivity index (χ4n) is 2.77. The van der Waals surface area contributed by atoms with Crippen molar-refractivity contribution in [3.63, 3.8) is 0 Å². The van der Waals surface area contributed by atoms with Crippen molar-refractivity contribution in [1.82, 2.24) is 5.32 Å². The van der Waals surface area contributed by atoms with Gasteiger partial charge in [0.25, 0.3) is 0 Å². The smallest absolute Gasteiger partial charge is 0.151 e. The number of benzene rings is 2. The molecule has 0 bridgehead atoms. The minimum absolute atomic E-state index is 0.0240. The van der Waals surface area contributed by atoms with E-state index >= 15 is 0 Å². The first-order valence-corrected chi connectivity index (χ1v) is 10.5. The van der Waals surface area contributed by atoms with Crippen LogP contribution in [0, 0.1) is 0 Å². The highest BCUT2D eigenvalue weighted by molar-refractivity contribution is 9.10. The fraction of sp³-hybridized carbons (Fsp3) is 0.333. The average molecular weight is 410 g/mol. The highest BCUT2D eigenvalue weighted by Gasteiger charge is 2.27. The minimum atomic E-state index is -2.87. The average Bonchev–Trinajstić information content (AvgIpc) is 2.92. The summed E-state index contributed by atoms with van der Waals surface area (Å²) in [5.74, 6) is 1.32. The number of halogens is 1. The molecule has 0 aromatic heterocycles. The SMILES string of the molecule is O=S1(=O)CC[C@H](NCc2cc(Br)ccc2OCc2ccccc2)C1. The van der Waals surface area contributed by atoms with Crippen LogP contribution in [0.5, 0.6) is 5.75 Å². The van der Waals surface area contributed by atoms with Gasteiger partial charge < -0.3 is 10.1 Å². The van der Waals surface area contributed by atoms with E-state index in [2.05, 4.69) is 21.2 Å². The Morgan fingerprint density at radius 3 is 2.67 bits per heavy atom. The molecule has 1 aliphatic heterocycles. The number of hydrogen-bond acceptors (Lipinski definition) is 4. The van der Waals surface area contributed by atoms with Crippen LogP contribution in [0.1, 0.15) is 17.5 Å². The first-order valence-electron chi connectivity index (χ1n) is 7.91. The van der Waals surface area contributed by atoms with Gasteiger partial charge in [0.15, 0.2) is 9.84 Å². The molecule has 0 spiro atoms. The second kappa shape index (κ2) is 7.68. The van der Waals surface area contributed by atoms with E-state index < -0.39 is 9.84 Å². The summed E-state index contributed by atoms with van der Waals surface area (Å²) in [5.41, 5.74) is 2.13. The van der Waals surface area contributed by atoms with Crippen molar-refractivity contribution in [3.8, 4) is 5.75 Å². The van der Waals surface area contributed by atoms with Crippen molar-refractivity contribution in [3.05, 3.63) is 64.1 Å². The van der Waals surface area contributed by atoms with Crippen LogP contribution in [0.25, 0.3) is 0 Å². The van der Waals surface area contributed by atoms with Gasteiger partial charge in [0, 0.05) is 22.6 Å². The first-order chi connectivity index (χ1) is 11.5. The molecule has 1 saturated heterocycles. The minimum Gasteiger partial charge on any atom is -0.489 e. The van der Waals surface area contributed by atoms with Crippen molar-refractivity contribution >= 4 is 25.8 Å². The number of rotatable bonds is 6. The number of sulfone groups is 1. The van der Waals surface area contributed by atoms with Gasteiger partial charge in [-0.25, -0.2) is 8.42 Å². The molecule has 2 aromatic rings. The van der Waals surface area contributed by atoms with Gasteiger partial charge in [-0.3, -0.25) is 0 Å². The Morgan fingerprint density at radius 1 is 1.17 bits per heavy atom. The molecule has 1 N–H and O–H groups in total. The normalized spacial score (nSPS) is 19.3. The highest BCUT2D eigenvalue weighted by Crippen LogP contribution is 2.25. The van der Waals surface area contributed by atoms with Crippen LogP contribution >= 0.6 is 15.9 Å². The summed E-state index contributed by atoms with van der Waals surface area (Å²) in [6.45, 7) is 1.09. The summed E-state index contributed by atoms with van der Waals surface area (Å²) in [7, 11) is -2.87. The lowest BCUT2D eigenvalue weighted by molar-refractivity contribution is 0.301. The van der Waals surface area contributed by atoms with Gasteiger partial charge in [0.2, 0.25) is 0 Å². The van der Waals surface area contributed by atoms with Gasteiger partial charge in [-0.1, -0.05) is 46.3 Å². The molecular formula is C18H20BrNO3S. The van der Waals surface area contributed by atoms with E-state index in [0.29, 0.717) is 19.6 Å². The molecule has 0 radical (unpaired) electrons. The molecule has 6 heteroatoms. The maximum atomic E-state index is 11.6. The summed E-state index contributed by atoms with van der Waals surface area (Å²) >= 11 is 3.48. The van der Waals surface area contributed by atoms with Crippen LogP contribution < -0.4 is 10.1 Å². The summed E-state index contributed by atoms with van der Waals surface area (Å²) in [5, 5.41) is 3.34. The molecule has 1 fully saturated rings. The maximum absolute atomic E-state index is 11.6. The van der Waals surface area contributed by atoms with Gasteiger partial charge in [0.05, 0.1) is 11.5 Å². The summed E-state index contributed by atoms with van der Waals surface area (Å²) in [4.78, 5) is 0. The molecule has 4 nitrogen and oxygen atoms in total. The molecule has 0 unspecified atom stereocenters. The van der Waals surface area contributed by atoms with Crippen LogP contribution in [-0.2, 0) is 23.0 Å². The monoisotopic (exact) mass is 409 g/mol. The third-order valence-electron chi connectivity index (χ3n) is 4.07. The zero-order chi connectivity index (χ0) is 17.0. The van der Waals surface area contributed by atoms with E-state index in [1.165, 1.54) is 0 Å². The molecule has 128 valence electrons. The standard InChI is InChI=1S/C18H20BrNO3S/c19-16-6-7-18(23-12-14-4-2-1-3-5-14)15(10-16)11-20-17-8-9-24(21,22)13-17/h1-7,10,17,20H,8-9,11-13H2/t17-/m0/s1. The molecule has 3 rings (SSSR count). The predicted molar refractivity (Wildman–Crippen MR) is 98.8 cm³/mol. The number of hydrogen-bond donors (Lipinski definition) is 1. The Bertz CT molecular complexity index is 793. The lowest BCUT2D eigenvalue weighted by Gasteiger charge is -2.15. The van der Waals surface area contributed by atoms with Crippen molar-refractivity contribution in [2.45, 2.75) is 25.6 Å². The van der Waals surface area contributed by atoms with E-state index in [4.69, 9.17) is 4.74 Å². The van der Waals surface area contributed by atoms with Crippen molar-refractivity contribution in [1.29, 1.82) is 0 Å². The molecule has 1 aliphatic rings. The Balaban J connectivity index is 1.64. The molecule has 0 saturated carbocycles. The van der Waals surface area contributed by atoms with Crippen LogP contribution in [-0.4, -0.2) is 26.0 Å². The second-order valence-electron chi connectivity index (χ2n) is 6.01. The van der Waals surface area contributed by atoms with E-state index in [0.717, 1.165) is 21.3 Å². The fourth-order valence-corrected chi connectivity index (χ4v) is 4.89. The van der Waals surface area contributed by atoms with Gasteiger partial charge in [-0.15, -0.1) is 0 Å². The van der Waals surface area contributed by atoms with Crippen molar-refractivity contribution < 1.29 is 13.2 Å². The largest absolute Gasteiger partial charge is 0.489 e. The Kier molecular flexibility index (Phi) is 5.58. The zero-order valence-electron chi connectivity index (χ0n) is 13.2. The van der Waals surface area contributed by atoms with Gasteiger partial charge in [-0.2, -0.15) is 0 Å². The molecule has 1 heterocycles. The summed E-state index contributed by atoms with van der Waals surface area (Å²) < 4.78 is 30.1. The molecular weight excluding hydrogens is 390 g/mol. The topological polar surface area (TPSA) is 55.4 Å². The summed E-state index contributed by atoms with van der Waals surface area (Å²) in [6, 6.07) is 15.9. The lowest BCUT2D eigenvalue weighted by atomic mass is 10.1.